The first-order valence-corrected chi connectivity index (χ1v) is 8.66. The van der Waals surface area contributed by atoms with E-state index in [9.17, 15) is 19.8 Å². The van der Waals surface area contributed by atoms with Gasteiger partial charge < -0.3 is 24.4 Å². The summed E-state index contributed by atoms with van der Waals surface area (Å²) in [6, 6.07) is 6.95. The molecule has 9 heteroatoms. The molecule has 0 aliphatic carbocycles. The van der Waals surface area contributed by atoms with Gasteiger partial charge in [-0.2, -0.15) is 0 Å². The van der Waals surface area contributed by atoms with Crippen LogP contribution in [0.25, 0.3) is 0 Å². The normalized spacial score (nSPS) is 22.0. The SMILES string of the molecule is CCOc1ccc(OCc2cn([C@H]3C[C@H](O)[C@@H](CO)O3)c(=O)[nH]c2=O)cc1. The second kappa shape index (κ2) is 8.38. The highest BCUT2D eigenvalue weighted by molar-refractivity contribution is 5.31. The average Bonchev–Trinajstić information content (AvgIpc) is 3.03. The fourth-order valence-electron chi connectivity index (χ4n) is 2.85. The van der Waals surface area contributed by atoms with Crippen LogP contribution in [0.3, 0.4) is 0 Å². The van der Waals surface area contributed by atoms with E-state index in [-0.39, 0.29) is 25.2 Å². The summed E-state index contributed by atoms with van der Waals surface area (Å²) in [5, 5.41) is 19.0. The topological polar surface area (TPSA) is 123 Å². The van der Waals surface area contributed by atoms with Crippen LogP contribution in [0, 0.1) is 0 Å². The van der Waals surface area contributed by atoms with Crippen molar-refractivity contribution >= 4 is 0 Å². The van der Waals surface area contributed by atoms with Crippen LogP contribution in [0.1, 0.15) is 25.1 Å². The maximum absolute atomic E-state index is 12.1. The molecule has 0 unspecified atom stereocenters. The molecule has 0 bridgehead atoms. The standard InChI is InChI=1S/C18H22N2O7/c1-2-25-12-3-5-13(6-4-12)26-10-11-8-20(18(24)19-17(11)23)16-7-14(22)15(9-21)27-16/h3-6,8,14-16,21-22H,2,7,9-10H2,1H3,(H,19,23,24)/t14-,15+,16+/m0/s1. The molecular formula is C18H22N2O7. The largest absolute Gasteiger partial charge is 0.494 e. The number of nitrogens with one attached hydrogen (secondary N) is 1. The Hall–Kier alpha value is -2.62. The average molecular weight is 378 g/mol. The number of aromatic amines is 1. The quantitative estimate of drug-likeness (QED) is 0.627. The lowest BCUT2D eigenvalue weighted by Gasteiger charge is -2.15. The van der Waals surface area contributed by atoms with Gasteiger partial charge in [-0.05, 0) is 31.2 Å². The molecule has 3 atom stereocenters. The van der Waals surface area contributed by atoms with Crippen molar-refractivity contribution < 1.29 is 24.4 Å². The van der Waals surface area contributed by atoms with Crippen LogP contribution >= 0.6 is 0 Å². The second-order valence-corrected chi connectivity index (χ2v) is 6.13. The maximum Gasteiger partial charge on any atom is 0.330 e. The number of aromatic nitrogens is 2. The number of nitrogens with zero attached hydrogens (tertiary/aromatic N) is 1. The molecule has 0 spiro atoms. The summed E-state index contributed by atoms with van der Waals surface area (Å²) in [6.45, 7) is 2.04. The minimum Gasteiger partial charge on any atom is -0.494 e. The van der Waals surface area contributed by atoms with E-state index in [4.69, 9.17) is 14.2 Å². The fraction of sp³-hybridized carbons (Fsp3) is 0.444. The zero-order chi connectivity index (χ0) is 19.4. The Kier molecular flexibility index (Phi) is 5.94. The minimum atomic E-state index is -0.887. The smallest absolute Gasteiger partial charge is 0.330 e. The third-order valence-electron chi connectivity index (χ3n) is 4.26. The van der Waals surface area contributed by atoms with E-state index in [1.165, 1.54) is 10.8 Å². The van der Waals surface area contributed by atoms with Crippen molar-refractivity contribution in [2.75, 3.05) is 13.2 Å². The molecule has 9 nitrogen and oxygen atoms in total. The Morgan fingerprint density at radius 2 is 1.89 bits per heavy atom. The Bertz CT molecular complexity index is 875. The number of ether oxygens (including phenoxy) is 3. The molecule has 1 aromatic heterocycles. The van der Waals surface area contributed by atoms with Crippen LogP contribution in [0.5, 0.6) is 11.5 Å². The molecule has 1 aliphatic rings. The number of hydrogen-bond donors (Lipinski definition) is 3. The van der Waals surface area contributed by atoms with Crippen molar-refractivity contribution in [3.05, 3.63) is 56.9 Å². The summed E-state index contributed by atoms with van der Waals surface area (Å²) in [5.74, 6) is 1.26. The summed E-state index contributed by atoms with van der Waals surface area (Å²) in [7, 11) is 0. The van der Waals surface area contributed by atoms with Gasteiger partial charge in [0.05, 0.1) is 24.9 Å². The summed E-state index contributed by atoms with van der Waals surface area (Å²) < 4.78 is 17.6. The van der Waals surface area contributed by atoms with Crippen LogP contribution in [0.4, 0.5) is 0 Å². The van der Waals surface area contributed by atoms with Gasteiger partial charge in [0.25, 0.3) is 5.56 Å². The van der Waals surface area contributed by atoms with Crippen LogP contribution in [0.2, 0.25) is 0 Å². The van der Waals surface area contributed by atoms with Crippen molar-refractivity contribution in [3.63, 3.8) is 0 Å². The zero-order valence-corrected chi connectivity index (χ0v) is 14.8. The van der Waals surface area contributed by atoms with Gasteiger partial charge in [-0.25, -0.2) is 4.79 Å². The first-order valence-electron chi connectivity index (χ1n) is 8.66. The molecule has 0 radical (unpaired) electrons. The monoisotopic (exact) mass is 378 g/mol. The van der Waals surface area contributed by atoms with E-state index < -0.39 is 29.7 Å². The molecule has 2 heterocycles. The van der Waals surface area contributed by atoms with E-state index in [1.807, 2.05) is 6.92 Å². The molecule has 1 aromatic carbocycles. The lowest BCUT2D eigenvalue weighted by molar-refractivity contribution is -0.0460. The fourth-order valence-corrected chi connectivity index (χ4v) is 2.85. The molecule has 1 aliphatic heterocycles. The molecule has 2 aromatic rings. The van der Waals surface area contributed by atoms with E-state index in [2.05, 4.69) is 4.98 Å². The van der Waals surface area contributed by atoms with Gasteiger partial charge in [-0.15, -0.1) is 0 Å². The van der Waals surface area contributed by atoms with Crippen LogP contribution < -0.4 is 20.7 Å². The Balaban J connectivity index is 1.74. The van der Waals surface area contributed by atoms with Crippen LogP contribution in [-0.2, 0) is 11.3 Å². The predicted molar refractivity (Wildman–Crippen MR) is 94.9 cm³/mol. The van der Waals surface area contributed by atoms with Crippen LogP contribution in [-0.4, -0.2) is 45.2 Å². The van der Waals surface area contributed by atoms with Gasteiger partial charge in [0.15, 0.2) is 0 Å². The molecule has 0 saturated carbocycles. The minimum absolute atomic E-state index is 0.0533. The number of aliphatic hydroxyl groups is 2. The summed E-state index contributed by atoms with van der Waals surface area (Å²) in [5.41, 5.74) is -0.978. The Labute approximate surface area is 154 Å². The highest BCUT2D eigenvalue weighted by atomic mass is 16.5. The van der Waals surface area contributed by atoms with Crippen LogP contribution in [0.15, 0.2) is 40.1 Å². The molecule has 146 valence electrons. The summed E-state index contributed by atoms with van der Waals surface area (Å²) in [6.07, 6.45) is -0.936. The van der Waals surface area contributed by atoms with Crippen molar-refractivity contribution in [1.82, 2.24) is 9.55 Å². The van der Waals surface area contributed by atoms with Gasteiger partial charge in [-0.3, -0.25) is 14.3 Å². The van der Waals surface area contributed by atoms with Crippen molar-refractivity contribution in [1.29, 1.82) is 0 Å². The third-order valence-corrected chi connectivity index (χ3v) is 4.26. The van der Waals surface area contributed by atoms with Gasteiger partial charge in [-0.1, -0.05) is 0 Å². The number of rotatable bonds is 7. The van der Waals surface area contributed by atoms with Crippen molar-refractivity contribution in [2.45, 2.75) is 38.4 Å². The van der Waals surface area contributed by atoms with Crippen molar-refractivity contribution in [2.24, 2.45) is 0 Å². The predicted octanol–water partition coefficient (Wildman–Crippen LogP) is 0.155. The number of hydrogen-bond acceptors (Lipinski definition) is 7. The lowest BCUT2D eigenvalue weighted by Crippen LogP contribution is -2.34. The molecule has 1 fully saturated rings. The van der Waals surface area contributed by atoms with E-state index in [0.29, 0.717) is 18.1 Å². The summed E-state index contributed by atoms with van der Waals surface area (Å²) >= 11 is 0. The second-order valence-electron chi connectivity index (χ2n) is 6.13. The first kappa shape index (κ1) is 19.2. The van der Waals surface area contributed by atoms with Gasteiger partial charge >= 0.3 is 5.69 Å². The third kappa shape index (κ3) is 4.38. The maximum atomic E-state index is 12.1. The Morgan fingerprint density at radius 3 is 2.48 bits per heavy atom. The van der Waals surface area contributed by atoms with Gasteiger partial charge in [0.2, 0.25) is 0 Å². The molecule has 3 rings (SSSR count). The zero-order valence-electron chi connectivity index (χ0n) is 14.8. The van der Waals surface area contributed by atoms with Gasteiger partial charge in [0, 0.05) is 12.6 Å². The molecule has 0 amide bonds. The van der Waals surface area contributed by atoms with Gasteiger partial charge in [0.1, 0.15) is 30.4 Å². The molecule has 27 heavy (non-hydrogen) atoms. The number of aliphatic hydroxyl groups excluding tert-OH is 2. The van der Waals surface area contributed by atoms with E-state index in [0.717, 1.165) is 0 Å². The highest BCUT2D eigenvalue weighted by Crippen LogP contribution is 2.27. The Morgan fingerprint density at radius 1 is 1.22 bits per heavy atom. The van der Waals surface area contributed by atoms with E-state index >= 15 is 0 Å². The highest BCUT2D eigenvalue weighted by Gasteiger charge is 2.35. The molecule has 3 N–H and O–H groups in total. The lowest BCUT2D eigenvalue weighted by atomic mass is 10.2. The molecular weight excluding hydrogens is 356 g/mol. The number of H-pyrrole nitrogens is 1. The number of benzene rings is 1. The summed E-state index contributed by atoms with van der Waals surface area (Å²) in [4.78, 5) is 26.4. The van der Waals surface area contributed by atoms with E-state index in [1.54, 1.807) is 24.3 Å². The first-order chi connectivity index (χ1) is 13.0. The van der Waals surface area contributed by atoms with Crippen molar-refractivity contribution in [3.8, 4) is 11.5 Å². The molecule has 1 saturated heterocycles.